The van der Waals surface area contributed by atoms with Gasteiger partial charge >= 0.3 is 0 Å². The Hall–Kier alpha value is -0.860. The number of hydrogen-bond acceptors (Lipinski definition) is 2. The lowest BCUT2D eigenvalue weighted by Gasteiger charge is -2.25. The minimum Gasteiger partial charge on any atom is -0.338 e. The van der Waals surface area contributed by atoms with Crippen molar-refractivity contribution < 1.29 is 9.47 Å². The minimum atomic E-state index is -0.482. The highest BCUT2D eigenvalue weighted by molar-refractivity contribution is 5.28. The van der Waals surface area contributed by atoms with E-state index in [1.165, 1.54) is 5.56 Å². The Labute approximate surface area is 97.6 Å². The number of benzene rings is 1. The van der Waals surface area contributed by atoms with Crippen molar-refractivity contribution in [3.05, 3.63) is 35.4 Å². The molecule has 1 fully saturated rings. The molecule has 0 radical (unpaired) electrons. The van der Waals surface area contributed by atoms with Crippen molar-refractivity contribution in [1.29, 1.82) is 0 Å². The lowest BCUT2D eigenvalue weighted by atomic mass is 10.1. The molecule has 0 bridgehead atoms. The molecular weight excluding hydrogens is 200 g/mol. The average Bonchev–Trinajstić information content (AvgIpc) is 2.96. The molecule has 1 atom stereocenters. The van der Waals surface area contributed by atoms with Gasteiger partial charge in [0.2, 0.25) is 5.79 Å². The molecule has 16 heavy (non-hydrogen) atoms. The van der Waals surface area contributed by atoms with Crippen LogP contribution in [0, 0.1) is 0 Å². The summed E-state index contributed by atoms with van der Waals surface area (Å²) < 4.78 is 11.5. The Kier molecular flexibility index (Phi) is 2.81. The summed E-state index contributed by atoms with van der Waals surface area (Å²) in [5.41, 5.74) is 2.29. The Morgan fingerprint density at radius 2 is 1.81 bits per heavy atom. The Morgan fingerprint density at radius 3 is 2.19 bits per heavy atom. The van der Waals surface area contributed by atoms with Crippen molar-refractivity contribution >= 4 is 0 Å². The molecule has 0 aliphatic carbocycles. The highest BCUT2D eigenvalue weighted by Crippen LogP contribution is 2.42. The first-order valence-electron chi connectivity index (χ1n) is 5.89. The molecule has 1 saturated heterocycles. The molecule has 0 amide bonds. The number of rotatable bonds is 3. The van der Waals surface area contributed by atoms with Crippen molar-refractivity contribution in [1.82, 2.24) is 0 Å². The average molecular weight is 220 g/mol. The van der Waals surface area contributed by atoms with Gasteiger partial charge < -0.3 is 9.47 Å². The molecule has 1 aliphatic heterocycles. The van der Waals surface area contributed by atoms with Crippen molar-refractivity contribution in [3.63, 3.8) is 0 Å². The summed E-state index contributed by atoms with van der Waals surface area (Å²) in [6.45, 7) is 8.98. The van der Waals surface area contributed by atoms with E-state index < -0.39 is 5.79 Å². The third kappa shape index (κ3) is 2.45. The van der Waals surface area contributed by atoms with Crippen LogP contribution in [0.2, 0.25) is 0 Å². The molecule has 88 valence electrons. The summed E-state index contributed by atoms with van der Waals surface area (Å²) in [6.07, 6.45) is 1.06. The monoisotopic (exact) mass is 220 g/mol. The van der Waals surface area contributed by atoms with Crippen LogP contribution in [0.15, 0.2) is 24.3 Å². The molecule has 2 rings (SSSR count). The molecule has 1 unspecified atom stereocenters. The maximum Gasteiger partial charge on any atom is 0.220 e. The molecule has 0 spiro atoms. The first-order valence-corrected chi connectivity index (χ1v) is 5.89. The minimum absolute atomic E-state index is 0.181. The van der Waals surface area contributed by atoms with E-state index in [4.69, 9.17) is 9.47 Å². The molecule has 1 aliphatic rings. The Bertz CT molecular complexity index is 355. The third-order valence-corrected chi connectivity index (χ3v) is 2.68. The van der Waals surface area contributed by atoms with Crippen LogP contribution in [0.3, 0.4) is 0 Å². The van der Waals surface area contributed by atoms with E-state index in [-0.39, 0.29) is 5.60 Å². The molecule has 1 aromatic rings. The molecule has 1 aromatic carbocycles. The maximum atomic E-state index is 5.97. The van der Waals surface area contributed by atoms with Gasteiger partial charge in [-0.2, -0.15) is 0 Å². The van der Waals surface area contributed by atoms with Gasteiger partial charge in [-0.05, 0) is 32.8 Å². The predicted molar refractivity (Wildman–Crippen MR) is 64.3 cm³/mol. The van der Waals surface area contributed by atoms with Crippen LogP contribution in [0.5, 0.6) is 0 Å². The fourth-order valence-corrected chi connectivity index (χ4v) is 1.84. The van der Waals surface area contributed by atoms with Gasteiger partial charge in [0.15, 0.2) is 0 Å². The standard InChI is InChI=1S/C14H20O2/c1-5-11-6-8-12(9-7-11)14(10-15-14)16-13(2,3)4/h6-9H,5,10H2,1-4H3. The summed E-state index contributed by atoms with van der Waals surface area (Å²) >= 11 is 0. The molecule has 1 heterocycles. The van der Waals surface area contributed by atoms with Crippen LogP contribution in [0.1, 0.15) is 38.8 Å². The van der Waals surface area contributed by atoms with E-state index in [1.807, 2.05) is 0 Å². The van der Waals surface area contributed by atoms with Crippen molar-refractivity contribution in [3.8, 4) is 0 Å². The second-order valence-electron chi connectivity index (χ2n) is 5.31. The Balaban J connectivity index is 2.17. The van der Waals surface area contributed by atoms with Gasteiger partial charge in [0, 0.05) is 5.56 Å². The van der Waals surface area contributed by atoms with Crippen LogP contribution in [-0.2, 0) is 21.7 Å². The van der Waals surface area contributed by atoms with Gasteiger partial charge in [0.05, 0.1) is 5.60 Å². The van der Waals surface area contributed by atoms with Gasteiger partial charge in [-0.3, -0.25) is 0 Å². The molecule has 2 heteroatoms. The number of epoxide rings is 1. The first-order chi connectivity index (χ1) is 7.45. The van der Waals surface area contributed by atoms with Gasteiger partial charge in [-0.25, -0.2) is 0 Å². The summed E-state index contributed by atoms with van der Waals surface area (Å²) in [6, 6.07) is 8.50. The van der Waals surface area contributed by atoms with Crippen molar-refractivity contribution in [2.75, 3.05) is 6.61 Å². The van der Waals surface area contributed by atoms with E-state index in [9.17, 15) is 0 Å². The third-order valence-electron chi connectivity index (χ3n) is 2.68. The zero-order valence-corrected chi connectivity index (χ0v) is 10.5. The lowest BCUT2D eigenvalue weighted by molar-refractivity contribution is -0.132. The number of hydrogen-bond donors (Lipinski definition) is 0. The predicted octanol–water partition coefficient (Wildman–Crippen LogP) is 3.25. The van der Waals surface area contributed by atoms with Crippen LogP contribution >= 0.6 is 0 Å². The number of aryl methyl sites for hydroxylation is 1. The molecule has 2 nitrogen and oxygen atoms in total. The summed E-state index contributed by atoms with van der Waals surface area (Å²) in [7, 11) is 0. The summed E-state index contributed by atoms with van der Waals surface area (Å²) in [4.78, 5) is 0. The fraction of sp³-hybridized carbons (Fsp3) is 0.571. The van der Waals surface area contributed by atoms with E-state index in [1.54, 1.807) is 0 Å². The molecule has 0 aromatic heterocycles. The summed E-state index contributed by atoms with van der Waals surface area (Å²) in [5.74, 6) is -0.482. The topological polar surface area (TPSA) is 21.8 Å². The fourth-order valence-electron chi connectivity index (χ4n) is 1.84. The molecule has 0 N–H and O–H groups in total. The largest absolute Gasteiger partial charge is 0.338 e. The van der Waals surface area contributed by atoms with Gasteiger partial charge in [0.25, 0.3) is 0 Å². The van der Waals surface area contributed by atoms with E-state index >= 15 is 0 Å². The smallest absolute Gasteiger partial charge is 0.220 e. The van der Waals surface area contributed by atoms with Gasteiger partial charge in [-0.1, -0.05) is 31.2 Å². The zero-order valence-electron chi connectivity index (χ0n) is 10.5. The Morgan fingerprint density at radius 1 is 1.25 bits per heavy atom. The quantitative estimate of drug-likeness (QED) is 0.729. The normalized spacial score (nSPS) is 24.5. The summed E-state index contributed by atoms with van der Waals surface area (Å²) in [5, 5.41) is 0. The molecular formula is C14H20O2. The second kappa shape index (κ2) is 3.86. The van der Waals surface area contributed by atoms with Crippen LogP contribution in [0.25, 0.3) is 0 Å². The SMILES string of the molecule is CCc1ccc(C2(OC(C)(C)C)CO2)cc1. The second-order valence-corrected chi connectivity index (χ2v) is 5.31. The van der Waals surface area contributed by atoms with E-state index in [0.29, 0.717) is 6.61 Å². The maximum absolute atomic E-state index is 5.97. The zero-order chi connectivity index (χ0) is 11.8. The highest BCUT2D eigenvalue weighted by atomic mass is 16.8. The van der Waals surface area contributed by atoms with Gasteiger partial charge in [0.1, 0.15) is 6.61 Å². The van der Waals surface area contributed by atoms with Crippen molar-refractivity contribution in [2.24, 2.45) is 0 Å². The highest BCUT2D eigenvalue weighted by Gasteiger charge is 2.50. The lowest BCUT2D eigenvalue weighted by Crippen LogP contribution is -2.28. The van der Waals surface area contributed by atoms with Gasteiger partial charge in [-0.15, -0.1) is 0 Å². The number of ether oxygens (including phenoxy) is 2. The van der Waals surface area contributed by atoms with Crippen LogP contribution < -0.4 is 0 Å². The van der Waals surface area contributed by atoms with E-state index in [0.717, 1.165) is 12.0 Å². The van der Waals surface area contributed by atoms with Crippen LogP contribution in [0.4, 0.5) is 0 Å². The first kappa shape index (κ1) is 11.6. The van der Waals surface area contributed by atoms with Crippen LogP contribution in [-0.4, -0.2) is 12.2 Å². The molecule has 0 saturated carbocycles. The van der Waals surface area contributed by atoms with E-state index in [2.05, 4.69) is 52.0 Å². The van der Waals surface area contributed by atoms with Crippen molar-refractivity contribution in [2.45, 2.75) is 45.5 Å².